The van der Waals surface area contributed by atoms with E-state index in [4.69, 9.17) is 4.42 Å². The standard InChI is InChI=1S/C21H23N3O4S2/c1-23(2)30(26,27)16-10-11-18-17(14-16)22-21(28-18)29-19(15-8-4-3-5-9-15)20(25)24-12-6-7-13-24/h3-5,8-11,14,19H,6-7,12-13H2,1-2H3. The topological polar surface area (TPSA) is 83.7 Å². The number of fused-ring (bicyclic) bond motifs is 1. The van der Waals surface area contributed by atoms with Crippen molar-refractivity contribution in [2.45, 2.75) is 28.2 Å². The minimum Gasteiger partial charge on any atom is -0.431 e. The van der Waals surface area contributed by atoms with Gasteiger partial charge in [-0.1, -0.05) is 30.3 Å². The summed E-state index contributed by atoms with van der Waals surface area (Å²) in [5.74, 6) is 0.0434. The Balaban J connectivity index is 1.66. The van der Waals surface area contributed by atoms with Crippen LogP contribution >= 0.6 is 11.8 Å². The monoisotopic (exact) mass is 445 g/mol. The summed E-state index contributed by atoms with van der Waals surface area (Å²) in [6, 6.07) is 14.2. The molecule has 7 nitrogen and oxygen atoms in total. The van der Waals surface area contributed by atoms with Gasteiger partial charge in [0.05, 0.1) is 4.90 Å². The number of hydrogen-bond donors (Lipinski definition) is 0. The SMILES string of the molecule is CN(C)S(=O)(=O)c1ccc2oc(SC(C(=O)N3CCCC3)c3ccccc3)nc2c1. The third kappa shape index (κ3) is 4.10. The summed E-state index contributed by atoms with van der Waals surface area (Å²) in [5, 5.41) is -0.131. The molecule has 1 saturated heterocycles. The molecule has 0 saturated carbocycles. The molecule has 1 atom stereocenters. The zero-order chi connectivity index (χ0) is 21.3. The van der Waals surface area contributed by atoms with Gasteiger partial charge in [0.25, 0.3) is 5.22 Å². The minimum absolute atomic E-state index is 0.0434. The second-order valence-electron chi connectivity index (χ2n) is 7.34. The highest BCUT2D eigenvalue weighted by molar-refractivity contribution is 8.00. The average Bonchev–Trinajstić information content (AvgIpc) is 3.41. The van der Waals surface area contributed by atoms with Crippen LogP contribution in [0.3, 0.4) is 0 Å². The Morgan fingerprint density at radius 2 is 1.83 bits per heavy atom. The number of carbonyl (C=O) groups is 1. The number of nitrogens with zero attached hydrogens (tertiary/aromatic N) is 3. The fraction of sp³-hybridized carbons (Fsp3) is 0.333. The number of amides is 1. The fourth-order valence-electron chi connectivity index (χ4n) is 3.40. The smallest absolute Gasteiger partial charge is 0.257 e. The van der Waals surface area contributed by atoms with E-state index >= 15 is 0 Å². The maximum atomic E-state index is 13.2. The lowest BCUT2D eigenvalue weighted by Gasteiger charge is -2.22. The molecule has 1 aliphatic rings. The van der Waals surface area contributed by atoms with Gasteiger partial charge in [-0.2, -0.15) is 0 Å². The average molecular weight is 446 g/mol. The minimum atomic E-state index is -3.57. The van der Waals surface area contributed by atoms with Crippen molar-refractivity contribution in [3.8, 4) is 0 Å². The number of benzene rings is 2. The van der Waals surface area contributed by atoms with Crippen LogP contribution in [0.1, 0.15) is 23.7 Å². The van der Waals surface area contributed by atoms with Crippen LogP contribution in [0.5, 0.6) is 0 Å². The van der Waals surface area contributed by atoms with Gasteiger partial charge in [0.15, 0.2) is 5.58 Å². The lowest BCUT2D eigenvalue weighted by atomic mass is 10.1. The molecule has 9 heteroatoms. The Morgan fingerprint density at radius 3 is 2.50 bits per heavy atom. The van der Waals surface area contributed by atoms with E-state index in [0.717, 1.165) is 35.8 Å². The number of thioether (sulfide) groups is 1. The first kappa shape index (κ1) is 20.9. The number of likely N-dealkylation sites (tertiary alicyclic amines) is 1. The second kappa shape index (κ2) is 8.41. The van der Waals surface area contributed by atoms with Crippen molar-refractivity contribution >= 4 is 38.8 Å². The molecule has 158 valence electrons. The quantitative estimate of drug-likeness (QED) is 0.540. The number of sulfonamides is 1. The molecule has 1 amide bonds. The molecule has 0 bridgehead atoms. The molecule has 1 unspecified atom stereocenters. The molecule has 0 N–H and O–H groups in total. The number of rotatable bonds is 6. The first-order valence-electron chi connectivity index (χ1n) is 9.70. The van der Waals surface area contributed by atoms with E-state index < -0.39 is 15.3 Å². The van der Waals surface area contributed by atoms with Gasteiger partial charge >= 0.3 is 0 Å². The lowest BCUT2D eigenvalue weighted by molar-refractivity contribution is -0.129. The second-order valence-corrected chi connectivity index (χ2v) is 10.5. The highest BCUT2D eigenvalue weighted by Gasteiger charge is 2.30. The van der Waals surface area contributed by atoms with Crippen LogP contribution < -0.4 is 0 Å². The molecular weight excluding hydrogens is 422 g/mol. The summed E-state index contributed by atoms with van der Waals surface area (Å²) in [6.45, 7) is 1.53. The predicted octanol–water partition coefficient (Wildman–Crippen LogP) is 3.53. The highest BCUT2D eigenvalue weighted by atomic mass is 32.2. The van der Waals surface area contributed by atoms with Gasteiger partial charge in [0.2, 0.25) is 15.9 Å². The Kier molecular flexibility index (Phi) is 5.86. The van der Waals surface area contributed by atoms with Crippen molar-refractivity contribution in [3.63, 3.8) is 0 Å². The molecule has 1 fully saturated rings. The van der Waals surface area contributed by atoms with E-state index in [2.05, 4.69) is 4.98 Å². The molecule has 2 heterocycles. The summed E-state index contributed by atoms with van der Waals surface area (Å²) in [6.07, 6.45) is 2.04. The first-order valence-corrected chi connectivity index (χ1v) is 12.0. The maximum Gasteiger partial charge on any atom is 0.257 e. The van der Waals surface area contributed by atoms with Gasteiger partial charge in [-0.25, -0.2) is 17.7 Å². The fourth-order valence-corrected chi connectivity index (χ4v) is 5.36. The normalized spacial score (nSPS) is 15.8. The molecule has 1 aromatic heterocycles. The Labute approximate surface area is 180 Å². The predicted molar refractivity (Wildman–Crippen MR) is 116 cm³/mol. The van der Waals surface area contributed by atoms with Gasteiger partial charge in [-0.3, -0.25) is 4.79 Å². The number of hydrogen-bond acceptors (Lipinski definition) is 6. The molecule has 0 spiro atoms. The van der Waals surface area contributed by atoms with Crippen LogP contribution in [-0.4, -0.2) is 55.7 Å². The van der Waals surface area contributed by atoms with Crippen LogP contribution in [-0.2, 0) is 14.8 Å². The van der Waals surface area contributed by atoms with E-state index in [1.165, 1.54) is 38.0 Å². The number of oxazole rings is 1. The van der Waals surface area contributed by atoms with E-state index in [0.29, 0.717) is 16.3 Å². The Hall–Kier alpha value is -2.36. The number of aromatic nitrogens is 1. The van der Waals surface area contributed by atoms with E-state index in [1.807, 2.05) is 35.2 Å². The van der Waals surface area contributed by atoms with E-state index in [-0.39, 0.29) is 10.8 Å². The maximum absolute atomic E-state index is 13.2. The van der Waals surface area contributed by atoms with Gasteiger partial charge in [-0.05, 0) is 48.4 Å². The van der Waals surface area contributed by atoms with Crippen molar-refractivity contribution < 1.29 is 17.6 Å². The van der Waals surface area contributed by atoms with Crippen molar-refractivity contribution in [2.75, 3.05) is 27.2 Å². The van der Waals surface area contributed by atoms with Crippen LogP contribution in [0.2, 0.25) is 0 Å². The lowest BCUT2D eigenvalue weighted by Crippen LogP contribution is -2.31. The first-order chi connectivity index (χ1) is 14.4. The van der Waals surface area contributed by atoms with E-state index in [1.54, 1.807) is 6.07 Å². The number of carbonyl (C=O) groups excluding carboxylic acids is 1. The Bertz CT molecular complexity index is 1150. The molecule has 4 rings (SSSR count). The summed E-state index contributed by atoms with van der Waals surface area (Å²) < 4.78 is 31.8. The van der Waals surface area contributed by atoms with Crippen LogP contribution in [0.25, 0.3) is 11.1 Å². The van der Waals surface area contributed by atoms with Crippen LogP contribution in [0.15, 0.2) is 63.1 Å². The van der Waals surface area contributed by atoms with Crippen molar-refractivity contribution in [1.82, 2.24) is 14.2 Å². The van der Waals surface area contributed by atoms with Gasteiger partial charge in [-0.15, -0.1) is 0 Å². The van der Waals surface area contributed by atoms with Crippen molar-refractivity contribution in [3.05, 3.63) is 54.1 Å². The van der Waals surface area contributed by atoms with Crippen LogP contribution in [0.4, 0.5) is 0 Å². The summed E-state index contributed by atoms with van der Waals surface area (Å²) in [5.41, 5.74) is 1.81. The molecule has 30 heavy (non-hydrogen) atoms. The highest BCUT2D eigenvalue weighted by Crippen LogP contribution is 2.38. The summed E-state index contributed by atoms with van der Waals surface area (Å²) >= 11 is 1.25. The Morgan fingerprint density at radius 1 is 1.13 bits per heavy atom. The van der Waals surface area contributed by atoms with Crippen molar-refractivity contribution in [2.24, 2.45) is 0 Å². The van der Waals surface area contributed by atoms with Gasteiger partial charge < -0.3 is 9.32 Å². The summed E-state index contributed by atoms with van der Waals surface area (Å²) in [7, 11) is -0.597. The molecular formula is C21H23N3O4S2. The zero-order valence-corrected chi connectivity index (χ0v) is 18.4. The van der Waals surface area contributed by atoms with Crippen LogP contribution in [0, 0.1) is 0 Å². The van der Waals surface area contributed by atoms with Crippen molar-refractivity contribution in [1.29, 1.82) is 0 Å². The molecule has 1 aliphatic heterocycles. The molecule has 0 aliphatic carbocycles. The largest absolute Gasteiger partial charge is 0.431 e. The van der Waals surface area contributed by atoms with E-state index in [9.17, 15) is 13.2 Å². The summed E-state index contributed by atoms with van der Waals surface area (Å²) in [4.78, 5) is 19.7. The molecule has 3 aromatic rings. The van der Waals surface area contributed by atoms with Gasteiger partial charge in [0, 0.05) is 27.2 Å². The molecule has 0 radical (unpaired) electrons. The van der Waals surface area contributed by atoms with Gasteiger partial charge in [0.1, 0.15) is 10.8 Å². The zero-order valence-electron chi connectivity index (χ0n) is 16.8. The third-order valence-corrected chi connectivity index (χ3v) is 7.98. The molecule has 2 aromatic carbocycles. The third-order valence-electron chi connectivity index (χ3n) is 5.08.